The summed E-state index contributed by atoms with van der Waals surface area (Å²) in [5.41, 5.74) is -0.259. The lowest BCUT2D eigenvalue weighted by Crippen LogP contribution is -2.38. The first-order valence-electron chi connectivity index (χ1n) is 9.33. The highest BCUT2D eigenvalue weighted by Gasteiger charge is 2.33. The summed E-state index contributed by atoms with van der Waals surface area (Å²) < 4.78 is 68.7. The Morgan fingerprint density at radius 2 is 1.59 bits per heavy atom. The predicted octanol–water partition coefficient (Wildman–Crippen LogP) is 4.40. The second-order valence-electron chi connectivity index (χ2n) is 6.40. The number of halogens is 5. The molecule has 2 rings (SSSR count). The van der Waals surface area contributed by atoms with Crippen molar-refractivity contribution in [3.05, 3.63) is 52.8 Å². The quantitative estimate of drug-likeness (QED) is 0.213. The molecule has 178 valence electrons. The smallest absolute Gasteiger partial charge is 0.416 e. The van der Waals surface area contributed by atoms with Gasteiger partial charge in [-0.15, -0.1) is 24.0 Å². The van der Waals surface area contributed by atoms with Crippen LogP contribution in [0.25, 0.3) is 0 Å². The first kappa shape index (κ1) is 27.6. The van der Waals surface area contributed by atoms with Gasteiger partial charge in [0.2, 0.25) is 5.75 Å². The standard InChI is InChI=1S/C21H25F4N3O3.HI/c1-26-20(28-12-14-5-7-15(22)11-16(14)21(23,24)25)27-10-9-13-6-8-17(29-2)19(31-4)18(13)30-3;/h5-8,11H,9-10,12H2,1-4H3,(H2,26,27,28);1H. The van der Waals surface area contributed by atoms with Crippen LogP contribution in [-0.4, -0.2) is 40.9 Å². The van der Waals surface area contributed by atoms with E-state index in [0.717, 1.165) is 17.7 Å². The summed E-state index contributed by atoms with van der Waals surface area (Å²) in [6, 6.07) is 6.18. The van der Waals surface area contributed by atoms with E-state index >= 15 is 0 Å². The average molecular weight is 571 g/mol. The number of rotatable bonds is 8. The van der Waals surface area contributed by atoms with E-state index < -0.39 is 17.6 Å². The Hall–Kier alpha value is -2.44. The fourth-order valence-corrected chi connectivity index (χ4v) is 3.04. The summed E-state index contributed by atoms with van der Waals surface area (Å²) in [7, 11) is 6.07. The van der Waals surface area contributed by atoms with E-state index in [2.05, 4.69) is 15.6 Å². The van der Waals surface area contributed by atoms with Gasteiger partial charge in [-0.05, 0) is 30.2 Å². The van der Waals surface area contributed by atoms with Crippen molar-refractivity contribution in [2.75, 3.05) is 34.9 Å². The highest BCUT2D eigenvalue weighted by atomic mass is 127. The fraction of sp³-hybridized carbons (Fsp3) is 0.381. The van der Waals surface area contributed by atoms with Crippen molar-refractivity contribution < 1.29 is 31.8 Å². The maximum absolute atomic E-state index is 13.3. The van der Waals surface area contributed by atoms with Gasteiger partial charge in [0.15, 0.2) is 17.5 Å². The zero-order chi connectivity index (χ0) is 23.0. The number of benzene rings is 2. The zero-order valence-electron chi connectivity index (χ0n) is 18.1. The average Bonchev–Trinajstić information content (AvgIpc) is 2.75. The summed E-state index contributed by atoms with van der Waals surface area (Å²) in [6.07, 6.45) is -4.13. The molecule has 0 radical (unpaired) electrons. The van der Waals surface area contributed by atoms with Gasteiger partial charge < -0.3 is 24.8 Å². The van der Waals surface area contributed by atoms with Crippen LogP contribution in [0.2, 0.25) is 0 Å². The number of ether oxygens (including phenoxy) is 3. The van der Waals surface area contributed by atoms with Crippen molar-refractivity contribution >= 4 is 29.9 Å². The molecule has 6 nitrogen and oxygen atoms in total. The van der Waals surface area contributed by atoms with Crippen LogP contribution in [0.5, 0.6) is 17.2 Å². The molecule has 0 aliphatic heterocycles. The Bertz CT molecular complexity index is 924. The molecule has 0 bridgehead atoms. The molecular formula is C21H26F4IN3O3. The second kappa shape index (κ2) is 12.6. The molecule has 0 atom stereocenters. The minimum absolute atomic E-state index is 0. The number of hydrogen-bond acceptors (Lipinski definition) is 4. The third-order valence-corrected chi connectivity index (χ3v) is 4.52. The molecule has 2 aromatic carbocycles. The summed E-state index contributed by atoms with van der Waals surface area (Å²) in [6.45, 7) is 0.246. The van der Waals surface area contributed by atoms with E-state index in [0.29, 0.717) is 42.2 Å². The van der Waals surface area contributed by atoms with Gasteiger partial charge in [-0.25, -0.2) is 4.39 Å². The van der Waals surface area contributed by atoms with Gasteiger partial charge in [0.1, 0.15) is 5.82 Å². The molecular weight excluding hydrogens is 545 g/mol. The Balaban J connectivity index is 0.00000512. The van der Waals surface area contributed by atoms with E-state index in [1.807, 2.05) is 6.07 Å². The third-order valence-electron chi connectivity index (χ3n) is 4.52. The number of nitrogens with zero attached hydrogens (tertiary/aromatic N) is 1. The topological polar surface area (TPSA) is 64.1 Å². The Morgan fingerprint density at radius 1 is 0.938 bits per heavy atom. The lowest BCUT2D eigenvalue weighted by molar-refractivity contribution is -0.138. The van der Waals surface area contributed by atoms with Crippen LogP contribution in [0.1, 0.15) is 16.7 Å². The fourth-order valence-electron chi connectivity index (χ4n) is 3.04. The lowest BCUT2D eigenvalue weighted by Gasteiger charge is -2.17. The summed E-state index contributed by atoms with van der Waals surface area (Å²) in [5, 5.41) is 5.84. The van der Waals surface area contributed by atoms with Crippen molar-refractivity contribution in [2.45, 2.75) is 19.1 Å². The number of aliphatic imine (C=N–C) groups is 1. The molecule has 0 unspecified atom stereocenters. The lowest BCUT2D eigenvalue weighted by atomic mass is 10.1. The van der Waals surface area contributed by atoms with Crippen LogP contribution in [0, 0.1) is 5.82 Å². The molecule has 0 aliphatic rings. The molecule has 0 aliphatic carbocycles. The van der Waals surface area contributed by atoms with Crippen molar-refractivity contribution in [2.24, 2.45) is 4.99 Å². The molecule has 0 saturated carbocycles. The summed E-state index contributed by atoms with van der Waals surface area (Å²) >= 11 is 0. The zero-order valence-corrected chi connectivity index (χ0v) is 20.4. The van der Waals surface area contributed by atoms with E-state index in [-0.39, 0.29) is 36.1 Å². The van der Waals surface area contributed by atoms with Crippen LogP contribution in [-0.2, 0) is 19.1 Å². The second-order valence-corrected chi connectivity index (χ2v) is 6.40. The van der Waals surface area contributed by atoms with E-state index in [9.17, 15) is 17.6 Å². The number of nitrogens with one attached hydrogen (secondary N) is 2. The minimum atomic E-state index is -4.65. The Labute approximate surface area is 201 Å². The van der Waals surface area contributed by atoms with Crippen molar-refractivity contribution in [1.82, 2.24) is 10.6 Å². The van der Waals surface area contributed by atoms with Gasteiger partial charge in [0.25, 0.3) is 0 Å². The van der Waals surface area contributed by atoms with Gasteiger partial charge in [0, 0.05) is 25.7 Å². The Morgan fingerprint density at radius 3 is 2.16 bits per heavy atom. The number of methoxy groups -OCH3 is 3. The molecule has 0 saturated heterocycles. The van der Waals surface area contributed by atoms with Gasteiger partial charge in [0.05, 0.1) is 26.9 Å². The highest BCUT2D eigenvalue weighted by molar-refractivity contribution is 14.0. The van der Waals surface area contributed by atoms with Crippen LogP contribution in [0.15, 0.2) is 35.3 Å². The third kappa shape index (κ3) is 7.04. The van der Waals surface area contributed by atoms with Gasteiger partial charge in [-0.3, -0.25) is 4.99 Å². The van der Waals surface area contributed by atoms with E-state index in [4.69, 9.17) is 14.2 Å². The summed E-state index contributed by atoms with van der Waals surface area (Å²) in [4.78, 5) is 4.01. The maximum Gasteiger partial charge on any atom is 0.416 e. The number of hydrogen-bond donors (Lipinski definition) is 2. The Kier molecular flexibility index (Phi) is 10.8. The van der Waals surface area contributed by atoms with E-state index in [1.165, 1.54) is 28.4 Å². The number of guanidine groups is 1. The largest absolute Gasteiger partial charge is 0.493 e. The predicted molar refractivity (Wildman–Crippen MR) is 125 cm³/mol. The molecule has 0 aromatic heterocycles. The van der Waals surface area contributed by atoms with Crippen LogP contribution in [0.4, 0.5) is 17.6 Å². The SMILES string of the molecule is CN=C(NCCc1ccc(OC)c(OC)c1OC)NCc1ccc(F)cc1C(F)(F)F.I. The first-order valence-corrected chi connectivity index (χ1v) is 9.33. The molecule has 32 heavy (non-hydrogen) atoms. The van der Waals surface area contributed by atoms with Crippen molar-refractivity contribution in [3.8, 4) is 17.2 Å². The van der Waals surface area contributed by atoms with Gasteiger partial charge in [-0.2, -0.15) is 13.2 Å². The van der Waals surface area contributed by atoms with Crippen LogP contribution >= 0.6 is 24.0 Å². The van der Waals surface area contributed by atoms with Gasteiger partial charge in [-0.1, -0.05) is 12.1 Å². The highest BCUT2D eigenvalue weighted by Crippen LogP contribution is 2.39. The van der Waals surface area contributed by atoms with E-state index in [1.54, 1.807) is 6.07 Å². The van der Waals surface area contributed by atoms with Crippen LogP contribution in [0.3, 0.4) is 0 Å². The molecule has 2 aromatic rings. The molecule has 0 fully saturated rings. The first-order chi connectivity index (χ1) is 14.7. The molecule has 0 amide bonds. The van der Waals surface area contributed by atoms with Crippen molar-refractivity contribution in [3.63, 3.8) is 0 Å². The van der Waals surface area contributed by atoms with Crippen molar-refractivity contribution in [1.29, 1.82) is 0 Å². The monoisotopic (exact) mass is 571 g/mol. The number of alkyl halides is 3. The summed E-state index contributed by atoms with van der Waals surface area (Å²) in [5.74, 6) is 0.904. The normalized spacial score (nSPS) is 11.4. The van der Waals surface area contributed by atoms with Crippen LogP contribution < -0.4 is 24.8 Å². The molecule has 0 spiro atoms. The molecule has 0 heterocycles. The minimum Gasteiger partial charge on any atom is -0.493 e. The molecule has 11 heteroatoms. The maximum atomic E-state index is 13.3. The van der Waals surface area contributed by atoms with Gasteiger partial charge >= 0.3 is 6.18 Å². The molecule has 2 N–H and O–H groups in total.